The minimum atomic E-state index is -0.806. The van der Waals surface area contributed by atoms with Gasteiger partial charge in [-0.1, -0.05) is 18.2 Å². The lowest BCUT2D eigenvalue weighted by Crippen LogP contribution is -2.31. The van der Waals surface area contributed by atoms with Crippen LogP contribution in [0.1, 0.15) is 5.56 Å². The summed E-state index contributed by atoms with van der Waals surface area (Å²) in [5.41, 5.74) is 1.71. The summed E-state index contributed by atoms with van der Waals surface area (Å²) in [4.78, 5) is 13.7. The number of urea groups is 1. The van der Waals surface area contributed by atoms with Gasteiger partial charge in [-0.15, -0.1) is 0 Å². The Morgan fingerprint density at radius 1 is 1.04 bits per heavy atom. The van der Waals surface area contributed by atoms with Crippen LogP contribution in [0.15, 0.2) is 42.5 Å². The van der Waals surface area contributed by atoms with Crippen LogP contribution in [-0.2, 0) is 6.42 Å². The molecule has 2 aromatic rings. The molecule has 0 aliphatic rings. The summed E-state index contributed by atoms with van der Waals surface area (Å²) in [6.07, 6.45) is 0.626. The van der Waals surface area contributed by atoms with Crippen LogP contribution in [-0.4, -0.2) is 26.7 Å². The van der Waals surface area contributed by atoms with Gasteiger partial charge in [-0.25, -0.2) is 13.6 Å². The summed E-state index contributed by atoms with van der Waals surface area (Å²) in [7, 11) is 3.92. The van der Waals surface area contributed by atoms with E-state index in [0.717, 1.165) is 23.4 Å². The summed E-state index contributed by atoms with van der Waals surface area (Å²) in [5, 5.41) is 4.76. The number of rotatable bonds is 5. The van der Waals surface area contributed by atoms with Gasteiger partial charge >= 0.3 is 6.03 Å². The fraction of sp³-hybridized carbons (Fsp3) is 0.235. The minimum Gasteiger partial charge on any atom is -0.378 e. The van der Waals surface area contributed by atoms with Gasteiger partial charge in [0.05, 0.1) is 0 Å². The van der Waals surface area contributed by atoms with E-state index in [1.165, 1.54) is 6.07 Å². The molecule has 0 aromatic heterocycles. The predicted molar refractivity (Wildman–Crippen MR) is 87.9 cm³/mol. The molecule has 6 heteroatoms. The van der Waals surface area contributed by atoms with Crippen molar-refractivity contribution in [3.8, 4) is 0 Å². The zero-order valence-electron chi connectivity index (χ0n) is 13.1. The first kappa shape index (κ1) is 16.7. The van der Waals surface area contributed by atoms with Gasteiger partial charge in [-0.05, 0) is 36.2 Å². The van der Waals surface area contributed by atoms with Gasteiger partial charge in [0.25, 0.3) is 0 Å². The zero-order chi connectivity index (χ0) is 16.8. The third-order valence-electron chi connectivity index (χ3n) is 3.35. The fourth-order valence-corrected chi connectivity index (χ4v) is 2.06. The van der Waals surface area contributed by atoms with Crippen molar-refractivity contribution in [3.63, 3.8) is 0 Å². The first-order valence-corrected chi connectivity index (χ1v) is 7.22. The van der Waals surface area contributed by atoms with Crippen molar-refractivity contribution in [3.05, 3.63) is 59.7 Å². The van der Waals surface area contributed by atoms with E-state index in [4.69, 9.17) is 0 Å². The Morgan fingerprint density at radius 2 is 1.65 bits per heavy atom. The van der Waals surface area contributed by atoms with E-state index >= 15 is 0 Å². The summed E-state index contributed by atoms with van der Waals surface area (Å²) in [6, 6.07) is 10.7. The molecule has 2 rings (SSSR count). The molecular weight excluding hydrogens is 300 g/mol. The number of benzene rings is 2. The molecule has 2 amide bonds. The van der Waals surface area contributed by atoms with E-state index in [0.29, 0.717) is 13.0 Å². The van der Waals surface area contributed by atoms with Crippen LogP contribution in [0.3, 0.4) is 0 Å². The molecule has 122 valence electrons. The first-order chi connectivity index (χ1) is 11.0. The van der Waals surface area contributed by atoms with Crippen LogP contribution in [0.5, 0.6) is 0 Å². The molecule has 0 aliphatic carbocycles. The zero-order valence-corrected chi connectivity index (χ0v) is 13.1. The van der Waals surface area contributed by atoms with Gasteiger partial charge in [-0.3, -0.25) is 0 Å². The van der Waals surface area contributed by atoms with Crippen molar-refractivity contribution in [1.29, 1.82) is 0 Å². The smallest absolute Gasteiger partial charge is 0.319 e. The maximum Gasteiger partial charge on any atom is 0.319 e. The molecule has 4 nitrogen and oxygen atoms in total. The van der Waals surface area contributed by atoms with E-state index in [9.17, 15) is 13.6 Å². The van der Waals surface area contributed by atoms with Gasteiger partial charge in [0.2, 0.25) is 0 Å². The van der Waals surface area contributed by atoms with Crippen molar-refractivity contribution >= 4 is 17.4 Å². The van der Waals surface area contributed by atoms with Crippen molar-refractivity contribution in [2.75, 3.05) is 30.9 Å². The lowest BCUT2D eigenvalue weighted by Gasteiger charge is -2.13. The van der Waals surface area contributed by atoms with Gasteiger partial charge < -0.3 is 15.5 Å². The quantitative estimate of drug-likeness (QED) is 0.887. The summed E-state index contributed by atoms with van der Waals surface area (Å²) in [5.74, 6) is -1.61. The minimum absolute atomic E-state index is 0.364. The van der Waals surface area contributed by atoms with Gasteiger partial charge in [0, 0.05) is 26.3 Å². The van der Waals surface area contributed by atoms with Crippen LogP contribution in [0.2, 0.25) is 0 Å². The highest BCUT2D eigenvalue weighted by atomic mass is 19.1. The summed E-state index contributed by atoms with van der Waals surface area (Å²) in [6.45, 7) is 0.364. The van der Waals surface area contributed by atoms with Gasteiger partial charge in [-0.2, -0.15) is 0 Å². The Morgan fingerprint density at radius 3 is 2.22 bits per heavy atom. The van der Waals surface area contributed by atoms with Crippen molar-refractivity contribution in [2.45, 2.75) is 6.42 Å². The van der Waals surface area contributed by atoms with Crippen LogP contribution in [0.25, 0.3) is 0 Å². The highest BCUT2D eigenvalue weighted by Gasteiger charge is 2.11. The van der Waals surface area contributed by atoms with E-state index < -0.39 is 23.4 Å². The number of nitrogens with zero attached hydrogens (tertiary/aromatic N) is 1. The molecule has 2 aromatic carbocycles. The van der Waals surface area contributed by atoms with Crippen LogP contribution in [0.4, 0.5) is 25.0 Å². The monoisotopic (exact) mass is 319 g/mol. The second-order valence-electron chi connectivity index (χ2n) is 5.29. The van der Waals surface area contributed by atoms with Gasteiger partial charge in [0.1, 0.15) is 17.3 Å². The largest absolute Gasteiger partial charge is 0.378 e. The number of carbonyl (C=O) groups is 1. The number of para-hydroxylation sites is 1. The normalized spacial score (nSPS) is 10.3. The van der Waals surface area contributed by atoms with Crippen LogP contribution < -0.4 is 15.5 Å². The SMILES string of the molecule is CN(C)c1ccc(CCNC(=O)Nc2c(F)cccc2F)cc1. The highest BCUT2D eigenvalue weighted by Crippen LogP contribution is 2.17. The average molecular weight is 319 g/mol. The molecule has 0 spiro atoms. The van der Waals surface area contributed by atoms with Crippen LogP contribution >= 0.6 is 0 Å². The lowest BCUT2D eigenvalue weighted by molar-refractivity contribution is 0.252. The molecule has 0 unspecified atom stereocenters. The third kappa shape index (κ3) is 4.67. The maximum absolute atomic E-state index is 13.4. The average Bonchev–Trinajstić information content (AvgIpc) is 2.51. The Hall–Kier alpha value is -2.63. The molecule has 0 heterocycles. The van der Waals surface area contributed by atoms with Crippen molar-refractivity contribution < 1.29 is 13.6 Å². The van der Waals surface area contributed by atoms with E-state index in [1.807, 2.05) is 43.3 Å². The van der Waals surface area contributed by atoms with Crippen LogP contribution in [0, 0.1) is 11.6 Å². The fourth-order valence-electron chi connectivity index (χ4n) is 2.06. The number of carbonyl (C=O) groups excluding carboxylic acids is 1. The number of hydrogen-bond acceptors (Lipinski definition) is 2. The molecule has 0 radical (unpaired) electrons. The topological polar surface area (TPSA) is 44.4 Å². The van der Waals surface area contributed by atoms with Crippen molar-refractivity contribution in [2.24, 2.45) is 0 Å². The van der Waals surface area contributed by atoms with E-state index in [-0.39, 0.29) is 0 Å². The predicted octanol–water partition coefficient (Wildman–Crippen LogP) is 3.40. The Labute approximate surface area is 134 Å². The van der Waals surface area contributed by atoms with E-state index in [2.05, 4.69) is 10.6 Å². The second-order valence-corrected chi connectivity index (χ2v) is 5.29. The molecule has 0 atom stereocenters. The summed E-state index contributed by atoms with van der Waals surface area (Å²) >= 11 is 0. The van der Waals surface area contributed by atoms with Gasteiger partial charge in [0.15, 0.2) is 0 Å². The molecule has 0 bridgehead atoms. The molecule has 0 saturated carbocycles. The number of anilines is 2. The number of halogens is 2. The number of amides is 2. The Balaban J connectivity index is 1.83. The molecular formula is C17H19F2N3O. The first-order valence-electron chi connectivity index (χ1n) is 7.22. The number of hydrogen-bond donors (Lipinski definition) is 2. The van der Waals surface area contributed by atoms with Crippen molar-refractivity contribution in [1.82, 2.24) is 5.32 Å². The summed E-state index contributed by atoms with van der Waals surface area (Å²) < 4.78 is 26.8. The maximum atomic E-state index is 13.4. The highest BCUT2D eigenvalue weighted by molar-refractivity contribution is 5.89. The molecule has 23 heavy (non-hydrogen) atoms. The molecule has 0 aliphatic heterocycles. The second kappa shape index (κ2) is 7.58. The molecule has 2 N–H and O–H groups in total. The van der Waals surface area contributed by atoms with E-state index in [1.54, 1.807) is 0 Å². The molecule has 0 fully saturated rings. The lowest BCUT2D eigenvalue weighted by atomic mass is 10.1. The Bertz CT molecular complexity index is 652. The Kier molecular flexibility index (Phi) is 5.51. The standard InChI is InChI=1S/C17H19F2N3O/c1-22(2)13-8-6-12(7-9-13)10-11-20-17(23)21-16-14(18)4-3-5-15(16)19/h3-9H,10-11H2,1-2H3,(H2,20,21,23). The molecule has 0 saturated heterocycles. The number of nitrogens with one attached hydrogen (secondary N) is 2. The third-order valence-corrected chi connectivity index (χ3v) is 3.35.